The molecule has 0 spiro atoms. The lowest BCUT2D eigenvalue weighted by Gasteiger charge is -2.29. The Morgan fingerprint density at radius 3 is 2.48 bits per heavy atom. The molecular weight excluding hydrogens is 333 g/mol. The van der Waals surface area contributed by atoms with Crippen molar-refractivity contribution in [1.29, 1.82) is 0 Å². The number of halogens is 1. The predicted molar refractivity (Wildman–Crippen MR) is 107 cm³/mol. The summed E-state index contributed by atoms with van der Waals surface area (Å²) in [6.07, 6.45) is 3.89. The molecule has 1 saturated heterocycles. The standard InChI is InChI=1S/C20H24FN3S/c1-15(22-20(25)23-18-7-5-6-17(21)14-18)16-8-10-19(11-9-16)24-12-3-2-4-13-24/h5-11,14-15H,2-4,12-13H2,1H3,(H2,22,23,25)/t15-/m0/s1. The number of nitrogens with one attached hydrogen (secondary N) is 2. The van der Waals surface area contributed by atoms with Crippen LogP contribution in [0.3, 0.4) is 0 Å². The molecule has 132 valence electrons. The molecule has 2 aromatic carbocycles. The smallest absolute Gasteiger partial charge is 0.171 e. The van der Waals surface area contributed by atoms with Crippen LogP contribution in [0.25, 0.3) is 0 Å². The van der Waals surface area contributed by atoms with Crippen LogP contribution in [0.1, 0.15) is 37.8 Å². The lowest BCUT2D eigenvalue weighted by molar-refractivity contribution is 0.577. The first-order valence-corrected chi connectivity index (χ1v) is 9.20. The molecular formula is C20H24FN3S. The van der Waals surface area contributed by atoms with Crippen LogP contribution >= 0.6 is 12.2 Å². The minimum absolute atomic E-state index is 0.0731. The van der Waals surface area contributed by atoms with Gasteiger partial charge < -0.3 is 15.5 Å². The van der Waals surface area contributed by atoms with Crippen LogP contribution < -0.4 is 15.5 Å². The molecule has 0 aromatic heterocycles. The van der Waals surface area contributed by atoms with Crippen molar-refractivity contribution >= 4 is 28.7 Å². The Kier molecular flexibility index (Phi) is 5.87. The molecule has 0 saturated carbocycles. The van der Waals surface area contributed by atoms with Crippen LogP contribution in [-0.4, -0.2) is 18.2 Å². The number of rotatable bonds is 4. The van der Waals surface area contributed by atoms with Gasteiger partial charge in [0.1, 0.15) is 5.82 Å². The Labute approximate surface area is 154 Å². The van der Waals surface area contributed by atoms with E-state index in [1.54, 1.807) is 12.1 Å². The van der Waals surface area contributed by atoms with Crippen LogP contribution in [0.4, 0.5) is 15.8 Å². The normalized spacial score (nSPS) is 15.5. The van der Waals surface area contributed by atoms with E-state index in [1.165, 1.54) is 42.6 Å². The summed E-state index contributed by atoms with van der Waals surface area (Å²) in [4.78, 5) is 2.45. The highest BCUT2D eigenvalue weighted by Gasteiger charge is 2.12. The minimum Gasteiger partial charge on any atom is -0.372 e. The van der Waals surface area contributed by atoms with E-state index in [0.717, 1.165) is 13.1 Å². The minimum atomic E-state index is -0.283. The first-order chi connectivity index (χ1) is 12.1. The van der Waals surface area contributed by atoms with E-state index in [-0.39, 0.29) is 11.9 Å². The highest BCUT2D eigenvalue weighted by Crippen LogP contribution is 2.22. The van der Waals surface area contributed by atoms with Gasteiger partial charge in [0.2, 0.25) is 0 Å². The molecule has 25 heavy (non-hydrogen) atoms. The molecule has 0 amide bonds. The van der Waals surface area contributed by atoms with Gasteiger partial charge in [0.25, 0.3) is 0 Å². The zero-order valence-corrected chi connectivity index (χ0v) is 15.3. The molecule has 0 bridgehead atoms. The molecule has 1 aliphatic rings. The molecule has 1 aliphatic heterocycles. The summed E-state index contributed by atoms with van der Waals surface area (Å²) < 4.78 is 13.2. The van der Waals surface area contributed by atoms with Gasteiger partial charge in [0, 0.05) is 24.5 Å². The Bertz CT molecular complexity index is 711. The third-order valence-corrected chi connectivity index (χ3v) is 4.76. The second-order valence-corrected chi connectivity index (χ2v) is 6.88. The fourth-order valence-electron chi connectivity index (χ4n) is 3.14. The van der Waals surface area contributed by atoms with Crippen molar-refractivity contribution in [3.63, 3.8) is 0 Å². The van der Waals surface area contributed by atoms with Crippen molar-refractivity contribution < 1.29 is 4.39 Å². The van der Waals surface area contributed by atoms with Crippen molar-refractivity contribution in [2.45, 2.75) is 32.2 Å². The van der Waals surface area contributed by atoms with Gasteiger partial charge in [-0.05, 0) is 74.3 Å². The number of piperidine rings is 1. The monoisotopic (exact) mass is 357 g/mol. The number of nitrogens with zero attached hydrogens (tertiary/aromatic N) is 1. The molecule has 0 aliphatic carbocycles. The van der Waals surface area contributed by atoms with E-state index >= 15 is 0 Å². The van der Waals surface area contributed by atoms with Crippen molar-refractivity contribution in [3.05, 3.63) is 59.9 Å². The van der Waals surface area contributed by atoms with E-state index in [9.17, 15) is 4.39 Å². The molecule has 0 radical (unpaired) electrons. The molecule has 1 fully saturated rings. The lowest BCUT2D eigenvalue weighted by Crippen LogP contribution is -2.31. The van der Waals surface area contributed by atoms with Gasteiger partial charge >= 0.3 is 0 Å². The van der Waals surface area contributed by atoms with Crippen molar-refractivity contribution in [3.8, 4) is 0 Å². The van der Waals surface area contributed by atoms with E-state index in [2.05, 4.69) is 46.7 Å². The van der Waals surface area contributed by atoms with Gasteiger partial charge in [0.15, 0.2) is 5.11 Å². The maximum absolute atomic E-state index is 13.2. The van der Waals surface area contributed by atoms with Gasteiger partial charge in [-0.15, -0.1) is 0 Å². The molecule has 2 aromatic rings. The average molecular weight is 357 g/mol. The summed E-state index contributed by atoms with van der Waals surface area (Å²) in [6, 6.07) is 15.0. The van der Waals surface area contributed by atoms with Crippen LogP contribution in [-0.2, 0) is 0 Å². The lowest BCUT2D eigenvalue weighted by atomic mass is 10.1. The van der Waals surface area contributed by atoms with E-state index in [4.69, 9.17) is 12.2 Å². The second kappa shape index (κ2) is 8.30. The zero-order valence-electron chi connectivity index (χ0n) is 14.5. The Morgan fingerprint density at radius 2 is 1.80 bits per heavy atom. The van der Waals surface area contributed by atoms with Gasteiger partial charge in [-0.3, -0.25) is 0 Å². The Morgan fingerprint density at radius 1 is 1.08 bits per heavy atom. The summed E-state index contributed by atoms with van der Waals surface area (Å²) in [5.41, 5.74) is 3.10. The molecule has 3 rings (SSSR count). The summed E-state index contributed by atoms with van der Waals surface area (Å²) >= 11 is 5.33. The number of anilines is 2. The fraction of sp³-hybridized carbons (Fsp3) is 0.350. The van der Waals surface area contributed by atoms with E-state index in [1.807, 2.05) is 0 Å². The van der Waals surface area contributed by atoms with E-state index in [0.29, 0.717) is 10.8 Å². The third-order valence-electron chi connectivity index (χ3n) is 4.54. The fourth-order valence-corrected chi connectivity index (χ4v) is 3.43. The highest BCUT2D eigenvalue weighted by atomic mass is 32.1. The molecule has 0 unspecified atom stereocenters. The summed E-state index contributed by atoms with van der Waals surface area (Å²) in [5.74, 6) is -0.283. The van der Waals surface area contributed by atoms with Crippen LogP contribution in [0.15, 0.2) is 48.5 Å². The second-order valence-electron chi connectivity index (χ2n) is 6.47. The maximum Gasteiger partial charge on any atom is 0.171 e. The molecule has 1 atom stereocenters. The van der Waals surface area contributed by atoms with Crippen molar-refractivity contribution in [1.82, 2.24) is 5.32 Å². The van der Waals surface area contributed by atoms with Gasteiger partial charge in [-0.1, -0.05) is 18.2 Å². The Hall–Kier alpha value is -2.14. The van der Waals surface area contributed by atoms with Crippen LogP contribution in [0.5, 0.6) is 0 Å². The van der Waals surface area contributed by atoms with Crippen molar-refractivity contribution in [2.75, 3.05) is 23.3 Å². The quantitative estimate of drug-likeness (QED) is 0.764. The van der Waals surface area contributed by atoms with Gasteiger partial charge in [-0.2, -0.15) is 0 Å². The molecule has 3 nitrogen and oxygen atoms in total. The number of thiocarbonyl (C=S) groups is 1. The number of hydrogen-bond acceptors (Lipinski definition) is 2. The Balaban J connectivity index is 1.57. The molecule has 1 heterocycles. The molecule has 2 N–H and O–H groups in total. The van der Waals surface area contributed by atoms with Gasteiger partial charge in [-0.25, -0.2) is 4.39 Å². The van der Waals surface area contributed by atoms with Crippen LogP contribution in [0, 0.1) is 5.82 Å². The maximum atomic E-state index is 13.2. The predicted octanol–water partition coefficient (Wildman–Crippen LogP) is 4.86. The van der Waals surface area contributed by atoms with E-state index < -0.39 is 0 Å². The largest absolute Gasteiger partial charge is 0.372 e. The van der Waals surface area contributed by atoms with Gasteiger partial charge in [0.05, 0.1) is 6.04 Å². The third kappa shape index (κ3) is 4.92. The summed E-state index contributed by atoms with van der Waals surface area (Å²) in [7, 11) is 0. The summed E-state index contributed by atoms with van der Waals surface area (Å²) in [5, 5.41) is 6.75. The highest BCUT2D eigenvalue weighted by molar-refractivity contribution is 7.80. The van der Waals surface area contributed by atoms with Crippen molar-refractivity contribution in [2.24, 2.45) is 0 Å². The average Bonchev–Trinajstić information content (AvgIpc) is 2.62. The molecule has 5 heteroatoms. The zero-order chi connectivity index (χ0) is 17.6. The van der Waals surface area contributed by atoms with Crippen LogP contribution in [0.2, 0.25) is 0 Å². The SMILES string of the molecule is C[C@H](NC(=S)Nc1cccc(F)c1)c1ccc(N2CCCCC2)cc1. The topological polar surface area (TPSA) is 27.3 Å². The number of hydrogen-bond donors (Lipinski definition) is 2. The number of benzene rings is 2. The first-order valence-electron chi connectivity index (χ1n) is 8.80. The summed E-state index contributed by atoms with van der Waals surface area (Å²) in [6.45, 7) is 4.36. The first kappa shape index (κ1) is 17.7.